The molecule has 0 unspecified atom stereocenters. The highest BCUT2D eigenvalue weighted by Crippen LogP contribution is 2.10. The summed E-state index contributed by atoms with van der Waals surface area (Å²) in [4.78, 5) is 35.8. The fourth-order valence-corrected chi connectivity index (χ4v) is 4.73. The van der Waals surface area contributed by atoms with Gasteiger partial charge in [0.05, 0.1) is 0 Å². The van der Waals surface area contributed by atoms with Gasteiger partial charge in [-0.25, -0.2) is 0 Å². The van der Waals surface area contributed by atoms with Crippen LogP contribution in [-0.2, 0) is 28.6 Å². The molecule has 0 aliphatic heterocycles. The van der Waals surface area contributed by atoms with Crippen LogP contribution < -0.4 is 0 Å². The molecule has 0 saturated heterocycles. The van der Waals surface area contributed by atoms with Crippen LogP contribution in [0.25, 0.3) is 0 Å². The fourth-order valence-electron chi connectivity index (χ4n) is 4.73. The molecule has 11 heteroatoms. The maximum Gasteiger partial charge on any atom is 0.306 e. The Kier molecular flexibility index (Phi) is 59.0. The SMILES string of the molecule is C.C=CC(C=C)OC(=O)CCCCCO.C=CC(C=C)OC(=O)CCCO.C=CCC(CC=C)OC(=O)CCCCCO.C=CCN(CC=C)CCCCCCCCO. The highest BCUT2D eigenvalue weighted by atomic mass is 16.5. The molecule has 0 spiro atoms. The predicted octanol–water partition coefficient (Wildman–Crippen LogP) is 9.10. The van der Waals surface area contributed by atoms with Crippen LogP contribution in [0.5, 0.6) is 0 Å². The molecule has 0 amide bonds. The number of carbonyl (C=O) groups is 3. The van der Waals surface area contributed by atoms with Crippen molar-refractivity contribution in [3.63, 3.8) is 0 Å². The van der Waals surface area contributed by atoms with Gasteiger partial charge in [-0.1, -0.05) is 96.6 Å². The van der Waals surface area contributed by atoms with Gasteiger partial charge < -0.3 is 34.6 Å². The lowest BCUT2D eigenvalue weighted by Gasteiger charge is -2.18. The van der Waals surface area contributed by atoms with Crippen molar-refractivity contribution >= 4 is 17.9 Å². The van der Waals surface area contributed by atoms with Gasteiger partial charge in [-0.3, -0.25) is 19.3 Å². The Hall–Kier alpha value is -3.87. The minimum Gasteiger partial charge on any atom is -0.462 e. The van der Waals surface area contributed by atoms with Crippen LogP contribution in [-0.4, -0.2) is 108 Å². The van der Waals surface area contributed by atoms with E-state index in [9.17, 15) is 14.4 Å². The molecular weight excluding hydrogens is 751 g/mol. The fraction of sp³-hybridized carbons (Fsp3) is 0.604. The molecule has 0 aromatic rings. The number of carbonyl (C=O) groups excluding carboxylic acids is 3. The van der Waals surface area contributed by atoms with Crippen LogP contribution in [0, 0.1) is 0 Å². The number of esters is 3. The first kappa shape index (κ1) is 64.3. The molecule has 11 nitrogen and oxygen atoms in total. The van der Waals surface area contributed by atoms with Gasteiger partial charge in [-0.05, 0) is 75.8 Å². The molecule has 342 valence electrons. The van der Waals surface area contributed by atoms with Gasteiger partial charge in [0.2, 0.25) is 0 Å². The summed E-state index contributed by atoms with van der Waals surface area (Å²) in [5.41, 5.74) is 0. The number of nitrogens with zero attached hydrogens (tertiary/aromatic N) is 1. The number of aliphatic hydroxyl groups excluding tert-OH is 4. The lowest BCUT2D eigenvalue weighted by Crippen LogP contribution is -2.24. The molecule has 0 saturated carbocycles. The quantitative estimate of drug-likeness (QED) is 0.0206. The molecule has 4 N–H and O–H groups in total. The first-order chi connectivity index (χ1) is 28.1. The Morgan fingerprint density at radius 2 is 0.763 bits per heavy atom. The summed E-state index contributed by atoms with van der Waals surface area (Å²) in [7, 11) is 0. The zero-order chi connectivity index (χ0) is 44.5. The zero-order valence-corrected chi connectivity index (χ0v) is 35.9. The van der Waals surface area contributed by atoms with E-state index in [4.69, 9.17) is 34.6 Å². The largest absolute Gasteiger partial charge is 0.462 e. The standard InChI is InChI=1S/C14H27NO.C13H22O3.C11H18O3.C9H14O3.CH4/c1-3-11-15(12-4-2)13-9-7-5-6-8-10-14-16;1-3-8-12(9-4-2)16-13(15)10-6-5-7-11-14;1-3-10(4-2)14-11(13)8-6-5-7-9-12;1-3-8(4-2)12-9(11)6-5-7-10;/h3-4,16H,1-2,5-14H2;3-4,12,14H,1-2,5-11H2;3-4,10,12H,1-2,5-9H2;3-4,8,10H,1-2,5-7H2;1H4. The summed E-state index contributed by atoms with van der Waals surface area (Å²) in [5, 5.41) is 34.1. The monoisotopic (exact) mass is 836 g/mol. The predicted molar refractivity (Wildman–Crippen MR) is 246 cm³/mol. The van der Waals surface area contributed by atoms with E-state index in [0.717, 1.165) is 64.6 Å². The van der Waals surface area contributed by atoms with E-state index in [1.807, 2.05) is 12.2 Å². The maximum atomic E-state index is 11.4. The molecule has 59 heavy (non-hydrogen) atoms. The van der Waals surface area contributed by atoms with Crippen LogP contribution in [0.2, 0.25) is 0 Å². The third-order valence-corrected chi connectivity index (χ3v) is 7.90. The van der Waals surface area contributed by atoms with Crippen molar-refractivity contribution in [2.75, 3.05) is 46.1 Å². The Labute approximate surface area is 359 Å². The first-order valence-electron chi connectivity index (χ1n) is 20.8. The Morgan fingerprint density at radius 3 is 1.10 bits per heavy atom. The number of unbranched alkanes of at least 4 members (excludes halogenated alkanes) is 9. The van der Waals surface area contributed by atoms with Crippen LogP contribution >= 0.6 is 0 Å². The number of hydrogen-bond acceptors (Lipinski definition) is 11. The lowest BCUT2D eigenvalue weighted by atomic mass is 10.1. The second kappa shape index (κ2) is 54.1. The van der Waals surface area contributed by atoms with E-state index < -0.39 is 6.10 Å². The second-order valence-electron chi connectivity index (χ2n) is 13.1. The van der Waals surface area contributed by atoms with Crippen molar-refractivity contribution in [1.82, 2.24) is 4.90 Å². The minimum absolute atomic E-state index is 0. The van der Waals surface area contributed by atoms with Crippen LogP contribution in [0.4, 0.5) is 0 Å². The summed E-state index contributed by atoms with van der Waals surface area (Å²) in [6.07, 6.45) is 27.2. The van der Waals surface area contributed by atoms with E-state index in [0.29, 0.717) is 38.7 Å². The maximum absolute atomic E-state index is 11.4. The number of aliphatic hydroxyl groups is 4. The van der Waals surface area contributed by atoms with Crippen molar-refractivity contribution in [3.8, 4) is 0 Å². The van der Waals surface area contributed by atoms with Crippen LogP contribution in [0.1, 0.15) is 123 Å². The molecular formula is C48H85NO10. The first-order valence-corrected chi connectivity index (χ1v) is 20.8. The highest BCUT2D eigenvalue weighted by molar-refractivity contribution is 5.70. The number of rotatable bonds is 36. The topological polar surface area (TPSA) is 163 Å². The molecule has 0 rings (SSSR count). The normalized spacial score (nSPS) is 9.90. The Bertz CT molecular complexity index is 1020. The molecule has 0 radical (unpaired) electrons. The minimum atomic E-state index is -0.420. The van der Waals surface area contributed by atoms with Gasteiger partial charge in [-0.15, -0.1) is 26.3 Å². The molecule has 0 heterocycles. The summed E-state index contributed by atoms with van der Waals surface area (Å²) in [6.45, 7) is 32.5. The van der Waals surface area contributed by atoms with Gasteiger partial charge in [0.1, 0.15) is 18.3 Å². The second-order valence-corrected chi connectivity index (χ2v) is 13.1. The number of ether oxygens (including phenoxy) is 3. The molecule has 0 aromatic heterocycles. The third-order valence-electron chi connectivity index (χ3n) is 7.90. The summed E-state index contributed by atoms with van der Waals surface area (Å²) in [5.74, 6) is -0.756. The van der Waals surface area contributed by atoms with Crippen LogP contribution in [0.15, 0.2) is 101 Å². The lowest BCUT2D eigenvalue weighted by molar-refractivity contribution is -0.149. The van der Waals surface area contributed by atoms with Gasteiger partial charge in [0, 0.05) is 71.6 Å². The van der Waals surface area contributed by atoms with Crippen molar-refractivity contribution in [2.45, 2.75) is 141 Å². The third kappa shape index (κ3) is 52.1. The average Bonchev–Trinajstić information content (AvgIpc) is 3.22. The molecule has 0 fully saturated rings. The summed E-state index contributed by atoms with van der Waals surface area (Å²) in [6, 6.07) is 0. The van der Waals surface area contributed by atoms with Crippen molar-refractivity contribution in [2.24, 2.45) is 0 Å². The van der Waals surface area contributed by atoms with Crippen molar-refractivity contribution < 1.29 is 49.0 Å². The van der Waals surface area contributed by atoms with E-state index in [2.05, 4.69) is 57.5 Å². The Balaban J connectivity index is -0.000000220. The Morgan fingerprint density at radius 1 is 0.441 bits per heavy atom. The van der Waals surface area contributed by atoms with Crippen molar-refractivity contribution in [3.05, 3.63) is 101 Å². The zero-order valence-electron chi connectivity index (χ0n) is 35.9. The average molecular weight is 836 g/mol. The van der Waals surface area contributed by atoms with Crippen LogP contribution in [0.3, 0.4) is 0 Å². The van der Waals surface area contributed by atoms with Crippen molar-refractivity contribution in [1.29, 1.82) is 0 Å². The summed E-state index contributed by atoms with van der Waals surface area (Å²) >= 11 is 0. The smallest absolute Gasteiger partial charge is 0.306 e. The van der Waals surface area contributed by atoms with E-state index >= 15 is 0 Å². The van der Waals surface area contributed by atoms with Gasteiger partial charge in [0.15, 0.2) is 0 Å². The molecule has 0 aliphatic rings. The van der Waals surface area contributed by atoms with Gasteiger partial charge in [-0.2, -0.15) is 0 Å². The molecule has 0 atom stereocenters. The molecule has 0 bridgehead atoms. The van der Waals surface area contributed by atoms with E-state index in [1.54, 1.807) is 12.2 Å². The molecule has 0 aliphatic carbocycles. The van der Waals surface area contributed by atoms with E-state index in [1.165, 1.54) is 56.4 Å². The van der Waals surface area contributed by atoms with E-state index in [-0.39, 0.29) is 63.8 Å². The molecule has 0 aromatic carbocycles. The highest BCUT2D eigenvalue weighted by Gasteiger charge is 2.11. The summed E-state index contributed by atoms with van der Waals surface area (Å²) < 4.78 is 15.1. The van der Waals surface area contributed by atoms with Gasteiger partial charge in [0.25, 0.3) is 0 Å². The number of hydrogen-bond donors (Lipinski definition) is 4. The van der Waals surface area contributed by atoms with Gasteiger partial charge >= 0.3 is 17.9 Å².